The molecule has 0 aliphatic carbocycles. The molecule has 0 aromatic heterocycles. The minimum absolute atomic E-state index is 0.0295. The molecule has 164 valence electrons. The van der Waals surface area contributed by atoms with Crippen molar-refractivity contribution in [1.82, 2.24) is 4.90 Å². The van der Waals surface area contributed by atoms with Crippen molar-refractivity contribution in [2.24, 2.45) is 0 Å². The molecule has 2 amide bonds. The molecule has 1 fully saturated rings. The van der Waals surface area contributed by atoms with Crippen molar-refractivity contribution in [2.75, 3.05) is 11.9 Å². The largest absolute Gasteiger partial charge is 0.478 e. The van der Waals surface area contributed by atoms with E-state index in [1.165, 1.54) is 22.7 Å². The maximum absolute atomic E-state index is 12.7. The summed E-state index contributed by atoms with van der Waals surface area (Å²) < 4.78 is 0.463. The fourth-order valence-corrected chi connectivity index (χ4v) is 4.50. The number of aromatic carboxylic acids is 1. The summed E-state index contributed by atoms with van der Waals surface area (Å²) in [5.74, 6) is -1.60. The van der Waals surface area contributed by atoms with Crippen LogP contribution in [0.15, 0.2) is 71.2 Å². The lowest BCUT2D eigenvalue weighted by Gasteiger charge is -2.14. The van der Waals surface area contributed by atoms with E-state index in [1.54, 1.807) is 18.2 Å². The molecule has 2 aromatic carbocycles. The van der Waals surface area contributed by atoms with Gasteiger partial charge in [0.1, 0.15) is 4.32 Å². The number of hydrogen-bond acceptors (Lipinski definition) is 5. The lowest BCUT2D eigenvalue weighted by Crippen LogP contribution is -2.29. The van der Waals surface area contributed by atoms with E-state index in [9.17, 15) is 19.5 Å². The maximum atomic E-state index is 12.7. The van der Waals surface area contributed by atoms with Gasteiger partial charge in [0.05, 0.1) is 16.2 Å². The maximum Gasteiger partial charge on any atom is 0.337 e. The lowest BCUT2D eigenvalue weighted by atomic mass is 10.1. The van der Waals surface area contributed by atoms with Crippen LogP contribution in [0.2, 0.25) is 0 Å². The normalized spacial score (nSPS) is 15.3. The molecule has 0 saturated carbocycles. The molecule has 1 aliphatic rings. The molecular weight excluding hydrogens is 444 g/mol. The number of carboxylic acid groups (broad SMARTS) is 1. The van der Waals surface area contributed by atoms with E-state index >= 15 is 0 Å². The number of carbonyl (C=O) groups is 3. The highest BCUT2D eigenvalue weighted by Crippen LogP contribution is 2.32. The van der Waals surface area contributed by atoms with Crippen LogP contribution < -0.4 is 5.32 Å². The second-order valence-electron chi connectivity index (χ2n) is 7.13. The molecule has 0 bridgehead atoms. The van der Waals surface area contributed by atoms with Crippen molar-refractivity contribution in [1.29, 1.82) is 0 Å². The smallest absolute Gasteiger partial charge is 0.337 e. The zero-order valence-electron chi connectivity index (χ0n) is 17.4. The summed E-state index contributed by atoms with van der Waals surface area (Å²) in [6, 6.07) is 16.1. The molecule has 6 nitrogen and oxygen atoms in total. The van der Waals surface area contributed by atoms with E-state index < -0.39 is 5.97 Å². The number of rotatable bonds is 8. The molecule has 8 heteroatoms. The zero-order chi connectivity index (χ0) is 23.1. The van der Waals surface area contributed by atoms with Gasteiger partial charge in [-0.1, -0.05) is 72.5 Å². The second-order valence-corrected chi connectivity index (χ2v) is 8.81. The molecule has 1 saturated heterocycles. The van der Waals surface area contributed by atoms with E-state index in [4.69, 9.17) is 12.2 Å². The summed E-state index contributed by atoms with van der Waals surface area (Å²) in [7, 11) is 0. The van der Waals surface area contributed by atoms with Crippen LogP contribution in [0.25, 0.3) is 6.08 Å². The molecule has 32 heavy (non-hydrogen) atoms. The van der Waals surface area contributed by atoms with Crippen LogP contribution in [-0.4, -0.2) is 38.7 Å². The molecule has 0 radical (unpaired) electrons. The first-order valence-corrected chi connectivity index (χ1v) is 11.2. The third-order valence-corrected chi connectivity index (χ3v) is 6.02. The Kier molecular flexibility index (Phi) is 7.97. The predicted molar refractivity (Wildman–Crippen MR) is 131 cm³/mol. The van der Waals surface area contributed by atoms with Crippen LogP contribution in [0.4, 0.5) is 5.69 Å². The summed E-state index contributed by atoms with van der Waals surface area (Å²) in [5.41, 5.74) is 2.27. The fourth-order valence-electron chi connectivity index (χ4n) is 3.14. The van der Waals surface area contributed by atoms with Gasteiger partial charge in [-0.3, -0.25) is 14.5 Å². The third kappa shape index (κ3) is 6.15. The van der Waals surface area contributed by atoms with E-state index in [0.717, 1.165) is 11.1 Å². The van der Waals surface area contributed by atoms with Crippen molar-refractivity contribution in [3.8, 4) is 0 Å². The van der Waals surface area contributed by atoms with Crippen LogP contribution in [0.5, 0.6) is 0 Å². The Morgan fingerprint density at radius 2 is 1.81 bits per heavy atom. The number of nitrogens with one attached hydrogen (secondary N) is 1. The molecular formula is C24H22N2O4S2. The summed E-state index contributed by atoms with van der Waals surface area (Å²) >= 11 is 6.60. The van der Waals surface area contributed by atoms with Gasteiger partial charge in [-0.25, -0.2) is 4.79 Å². The van der Waals surface area contributed by atoms with E-state index in [1.807, 2.05) is 49.4 Å². The molecule has 0 atom stereocenters. The van der Waals surface area contributed by atoms with Gasteiger partial charge in [-0.05, 0) is 42.7 Å². The summed E-state index contributed by atoms with van der Waals surface area (Å²) in [6.45, 7) is 2.25. The highest BCUT2D eigenvalue weighted by molar-refractivity contribution is 8.26. The van der Waals surface area contributed by atoms with Crippen molar-refractivity contribution < 1.29 is 19.5 Å². The number of hydrogen-bond donors (Lipinski definition) is 2. The second kappa shape index (κ2) is 10.9. The van der Waals surface area contributed by atoms with Crippen molar-refractivity contribution >= 4 is 57.8 Å². The number of carboxylic acids is 1. The molecule has 2 N–H and O–H groups in total. The van der Waals surface area contributed by atoms with Crippen molar-refractivity contribution in [3.63, 3.8) is 0 Å². The highest BCUT2D eigenvalue weighted by Gasteiger charge is 2.31. The monoisotopic (exact) mass is 466 g/mol. The van der Waals surface area contributed by atoms with Gasteiger partial charge in [-0.2, -0.15) is 0 Å². The average molecular weight is 467 g/mol. The Morgan fingerprint density at radius 1 is 1.12 bits per heavy atom. The number of thiocarbonyl (C=S) groups is 1. The highest BCUT2D eigenvalue weighted by atomic mass is 32.2. The van der Waals surface area contributed by atoms with E-state index in [0.29, 0.717) is 22.2 Å². The summed E-state index contributed by atoms with van der Waals surface area (Å²) in [4.78, 5) is 38.3. The summed E-state index contributed by atoms with van der Waals surface area (Å²) in [6.07, 6.45) is 4.35. The van der Waals surface area contributed by atoms with Crippen LogP contribution in [-0.2, 0) is 9.59 Å². The molecule has 0 spiro atoms. The van der Waals surface area contributed by atoms with Gasteiger partial charge in [0.2, 0.25) is 5.91 Å². The topological polar surface area (TPSA) is 86.7 Å². The Labute approximate surface area is 196 Å². The Morgan fingerprint density at radius 3 is 2.53 bits per heavy atom. The standard InChI is InChI=1S/C24H22N2O4S2/c1-16(14-17-8-3-2-4-9-17)15-20-22(28)26(24(31)32-20)13-7-12-21(27)25-19-11-6-5-10-18(19)23(29)30/h2-6,8-11,14-15H,7,12-13H2,1H3,(H,25,27)(H,29,30). The van der Waals surface area contributed by atoms with Crippen LogP contribution in [0, 0.1) is 0 Å². The molecule has 1 aliphatic heterocycles. The lowest BCUT2D eigenvalue weighted by molar-refractivity contribution is -0.122. The molecule has 1 heterocycles. The number of anilines is 1. The number of benzene rings is 2. The van der Waals surface area contributed by atoms with E-state index in [2.05, 4.69) is 5.32 Å². The minimum Gasteiger partial charge on any atom is -0.478 e. The molecule has 3 rings (SSSR count). The van der Waals surface area contributed by atoms with Crippen LogP contribution in [0.3, 0.4) is 0 Å². The van der Waals surface area contributed by atoms with Crippen molar-refractivity contribution in [3.05, 3.63) is 82.3 Å². The van der Waals surface area contributed by atoms with Gasteiger partial charge >= 0.3 is 5.97 Å². The first kappa shape index (κ1) is 23.4. The third-order valence-electron chi connectivity index (χ3n) is 4.64. The van der Waals surface area contributed by atoms with Gasteiger partial charge in [0.25, 0.3) is 5.91 Å². The van der Waals surface area contributed by atoms with E-state index in [-0.39, 0.29) is 29.5 Å². The number of amides is 2. The van der Waals surface area contributed by atoms with Gasteiger partial charge in [-0.15, -0.1) is 0 Å². The Bertz CT molecular complexity index is 1110. The number of allylic oxidation sites excluding steroid dienone is 2. The SMILES string of the molecule is CC(=Cc1ccccc1)C=C1SC(=S)N(CCCC(=O)Nc2ccccc2C(=O)O)C1=O. The number of thioether (sulfide) groups is 1. The fraction of sp³-hybridized carbons (Fsp3) is 0.167. The molecule has 2 aromatic rings. The van der Waals surface area contributed by atoms with Gasteiger partial charge in [0.15, 0.2) is 0 Å². The van der Waals surface area contributed by atoms with Crippen LogP contribution in [0.1, 0.15) is 35.7 Å². The Balaban J connectivity index is 1.55. The number of carbonyl (C=O) groups excluding carboxylic acids is 2. The zero-order valence-corrected chi connectivity index (χ0v) is 19.0. The Hall–Kier alpha value is -3.23. The van der Waals surface area contributed by atoms with Crippen molar-refractivity contribution in [2.45, 2.75) is 19.8 Å². The number of para-hydroxylation sites is 1. The first-order valence-electron chi connectivity index (χ1n) is 9.96. The van der Waals surface area contributed by atoms with Gasteiger partial charge in [0, 0.05) is 13.0 Å². The molecule has 0 unspecified atom stereocenters. The average Bonchev–Trinajstić information content (AvgIpc) is 3.01. The van der Waals surface area contributed by atoms with Gasteiger partial charge < -0.3 is 10.4 Å². The summed E-state index contributed by atoms with van der Waals surface area (Å²) in [5, 5.41) is 11.8. The number of nitrogens with zero attached hydrogens (tertiary/aromatic N) is 1. The predicted octanol–water partition coefficient (Wildman–Crippen LogP) is 4.95. The quantitative estimate of drug-likeness (QED) is 0.423. The van der Waals surface area contributed by atoms with Crippen LogP contribution >= 0.6 is 24.0 Å². The first-order chi connectivity index (χ1) is 15.3. The minimum atomic E-state index is -1.11.